The molecule has 1 aliphatic heterocycles. The standard InChI is InChI=1S/C22H22Cl2N2O2S2/c1-15-5-7-16(8-6-15)13-17-14-29-22(25-17)26-11-9-18(10-12-26)30(27,28)20-4-2-3-19(23)21(20)24/h2-8,14,18H,9-13H2,1H3. The Balaban J connectivity index is 1.42. The smallest absolute Gasteiger partial charge is 0.185 e. The number of aryl methyl sites for hydroxylation is 1. The molecule has 1 aromatic heterocycles. The van der Waals surface area contributed by atoms with E-state index >= 15 is 0 Å². The number of aromatic nitrogens is 1. The molecule has 30 heavy (non-hydrogen) atoms. The Hall–Kier alpha value is -1.60. The number of thiazole rings is 1. The van der Waals surface area contributed by atoms with Crippen LogP contribution in [0.3, 0.4) is 0 Å². The summed E-state index contributed by atoms with van der Waals surface area (Å²) in [5.74, 6) is 0. The van der Waals surface area contributed by atoms with E-state index in [0.29, 0.717) is 25.9 Å². The van der Waals surface area contributed by atoms with Crippen molar-refractivity contribution in [3.05, 3.63) is 74.7 Å². The van der Waals surface area contributed by atoms with Crippen molar-refractivity contribution < 1.29 is 8.42 Å². The molecule has 0 amide bonds. The molecule has 2 heterocycles. The minimum atomic E-state index is -3.52. The van der Waals surface area contributed by atoms with Gasteiger partial charge in [-0.3, -0.25) is 0 Å². The van der Waals surface area contributed by atoms with Crippen LogP contribution in [-0.2, 0) is 16.3 Å². The molecule has 1 saturated heterocycles. The van der Waals surface area contributed by atoms with Crippen molar-refractivity contribution in [3.8, 4) is 0 Å². The Morgan fingerprint density at radius 1 is 1.10 bits per heavy atom. The number of halogens is 2. The lowest BCUT2D eigenvalue weighted by Gasteiger charge is -2.31. The normalized spacial score (nSPS) is 15.5. The van der Waals surface area contributed by atoms with Gasteiger partial charge in [0.2, 0.25) is 0 Å². The maximum Gasteiger partial charge on any atom is 0.185 e. The van der Waals surface area contributed by atoms with E-state index in [1.807, 2.05) is 0 Å². The first-order valence-corrected chi connectivity index (χ1v) is 13.0. The maximum atomic E-state index is 13.1. The molecule has 0 spiro atoms. The van der Waals surface area contributed by atoms with Crippen molar-refractivity contribution in [3.63, 3.8) is 0 Å². The van der Waals surface area contributed by atoms with Gasteiger partial charge in [-0.15, -0.1) is 11.3 Å². The van der Waals surface area contributed by atoms with Gasteiger partial charge >= 0.3 is 0 Å². The van der Waals surface area contributed by atoms with Gasteiger partial charge in [0.1, 0.15) is 0 Å². The number of anilines is 1. The molecule has 0 bridgehead atoms. The monoisotopic (exact) mass is 480 g/mol. The van der Waals surface area contributed by atoms with Gasteiger partial charge in [-0.05, 0) is 37.5 Å². The summed E-state index contributed by atoms with van der Waals surface area (Å²) in [6.07, 6.45) is 1.88. The summed E-state index contributed by atoms with van der Waals surface area (Å²) in [5.41, 5.74) is 3.52. The van der Waals surface area contributed by atoms with Crippen molar-refractivity contribution in [1.82, 2.24) is 4.98 Å². The van der Waals surface area contributed by atoms with Crippen LogP contribution in [0, 0.1) is 6.92 Å². The van der Waals surface area contributed by atoms with Gasteiger partial charge in [-0.1, -0.05) is 59.1 Å². The highest BCUT2D eigenvalue weighted by molar-refractivity contribution is 7.92. The lowest BCUT2D eigenvalue weighted by Crippen LogP contribution is -2.39. The van der Waals surface area contributed by atoms with Crippen LogP contribution in [0.25, 0.3) is 0 Å². The molecule has 2 aromatic carbocycles. The van der Waals surface area contributed by atoms with Gasteiger partial charge in [-0.25, -0.2) is 13.4 Å². The summed E-state index contributed by atoms with van der Waals surface area (Å²) in [6.45, 7) is 3.38. The molecule has 0 atom stereocenters. The molecule has 0 saturated carbocycles. The zero-order valence-corrected chi connectivity index (χ0v) is 19.7. The highest BCUT2D eigenvalue weighted by atomic mass is 35.5. The van der Waals surface area contributed by atoms with Crippen molar-refractivity contribution in [2.24, 2.45) is 0 Å². The number of benzene rings is 2. The number of nitrogens with zero attached hydrogens (tertiary/aromatic N) is 2. The SMILES string of the molecule is Cc1ccc(Cc2csc(N3CCC(S(=O)(=O)c4cccc(Cl)c4Cl)CC3)n2)cc1. The molecule has 4 rings (SSSR count). The molecular formula is C22H22Cl2N2O2S2. The zero-order chi connectivity index (χ0) is 21.3. The van der Waals surface area contributed by atoms with E-state index in [4.69, 9.17) is 28.2 Å². The number of rotatable bonds is 5. The van der Waals surface area contributed by atoms with Crippen molar-refractivity contribution in [1.29, 1.82) is 0 Å². The van der Waals surface area contributed by atoms with Crippen LogP contribution in [0.1, 0.15) is 29.7 Å². The van der Waals surface area contributed by atoms with Crippen molar-refractivity contribution >= 4 is 49.5 Å². The first-order valence-electron chi connectivity index (χ1n) is 9.77. The molecule has 1 fully saturated rings. The van der Waals surface area contributed by atoms with E-state index < -0.39 is 15.1 Å². The Morgan fingerprint density at radius 3 is 2.50 bits per heavy atom. The van der Waals surface area contributed by atoms with Gasteiger partial charge in [-0.2, -0.15) is 0 Å². The Bertz CT molecular complexity index is 1140. The molecule has 3 aromatic rings. The van der Waals surface area contributed by atoms with Gasteiger partial charge in [0.15, 0.2) is 15.0 Å². The topological polar surface area (TPSA) is 50.3 Å². The Labute approximate surface area is 191 Å². The van der Waals surface area contributed by atoms with E-state index in [9.17, 15) is 8.42 Å². The minimum Gasteiger partial charge on any atom is -0.348 e. The van der Waals surface area contributed by atoms with Gasteiger partial charge < -0.3 is 4.90 Å². The molecule has 4 nitrogen and oxygen atoms in total. The fraction of sp³-hybridized carbons (Fsp3) is 0.318. The van der Waals surface area contributed by atoms with E-state index in [1.54, 1.807) is 23.5 Å². The second-order valence-electron chi connectivity index (χ2n) is 7.57. The summed E-state index contributed by atoms with van der Waals surface area (Å²) in [6, 6.07) is 13.2. The summed E-state index contributed by atoms with van der Waals surface area (Å²) in [7, 11) is -3.52. The van der Waals surface area contributed by atoms with Crippen LogP contribution in [0.4, 0.5) is 5.13 Å². The third-order valence-corrected chi connectivity index (χ3v) is 9.60. The fourth-order valence-corrected chi connectivity index (χ4v) is 7.06. The first-order chi connectivity index (χ1) is 14.3. The van der Waals surface area contributed by atoms with E-state index in [1.165, 1.54) is 17.2 Å². The maximum absolute atomic E-state index is 13.1. The summed E-state index contributed by atoms with van der Waals surface area (Å²) in [4.78, 5) is 7.08. The van der Waals surface area contributed by atoms with Gasteiger partial charge in [0, 0.05) is 24.9 Å². The Morgan fingerprint density at radius 2 is 1.80 bits per heavy atom. The van der Waals surface area contributed by atoms with Gasteiger partial charge in [0.05, 0.1) is 25.9 Å². The lowest BCUT2D eigenvalue weighted by atomic mass is 10.1. The Kier molecular flexibility index (Phi) is 6.39. The van der Waals surface area contributed by atoms with Crippen LogP contribution in [-0.4, -0.2) is 31.7 Å². The lowest BCUT2D eigenvalue weighted by molar-refractivity contribution is 0.529. The molecule has 158 valence electrons. The summed E-state index contributed by atoms with van der Waals surface area (Å²) >= 11 is 13.8. The number of sulfone groups is 1. The third-order valence-electron chi connectivity index (χ3n) is 5.42. The van der Waals surface area contributed by atoms with E-state index in [-0.39, 0.29) is 14.9 Å². The predicted molar refractivity (Wildman–Crippen MR) is 125 cm³/mol. The molecule has 0 unspecified atom stereocenters. The fourth-order valence-electron chi connectivity index (χ4n) is 3.68. The predicted octanol–water partition coefficient (Wildman–Crippen LogP) is 5.79. The quantitative estimate of drug-likeness (QED) is 0.463. The molecular weight excluding hydrogens is 459 g/mol. The van der Waals surface area contributed by atoms with Crippen LogP contribution >= 0.6 is 34.5 Å². The molecule has 0 radical (unpaired) electrons. The molecule has 1 aliphatic rings. The van der Waals surface area contributed by atoms with Crippen molar-refractivity contribution in [2.75, 3.05) is 18.0 Å². The summed E-state index contributed by atoms with van der Waals surface area (Å²) in [5, 5.41) is 2.95. The zero-order valence-electron chi connectivity index (χ0n) is 16.5. The summed E-state index contributed by atoms with van der Waals surface area (Å²) < 4.78 is 26.1. The second kappa shape index (κ2) is 8.87. The number of hydrogen-bond donors (Lipinski definition) is 0. The average Bonchev–Trinajstić information content (AvgIpc) is 3.20. The van der Waals surface area contributed by atoms with Crippen LogP contribution < -0.4 is 4.90 Å². The van der Waals surface area contributed by atoms with Crippen molar-refractivity contribution in [2.45, 2.75) is 36.3 Å². The first kappa shape index (κ1) is 21.6. The van der Waals surface area contributed by atoms with Crippen LogP contribution in [0.15, 0.2) is 52.7 Å². The minimum absolute atomic E-state index is 0.113. The number of hydrogen-bond acceptors (Lipinski definition) is 5. The van der Waals surface area contributed by atoms with Crippen LogP contribution in [0.5, 0.6) is 0 Å². The highest BCUT2D eigenvalue weighted by Gasteiger charge is 2.33. The van der Waals surface area contributed by atoms with E-state index in [0.717, 1.165) is 17.2 Å². The van der Waals surface area contributed by atoms with Crippen LogP contribution in [0.2, 0.25) is 10.0 Å². The molecule has 8 heteroatoms. The largest absolute Gasteiger partial charge is 0.348 e. The average molecular weight is 481 g/mol. The van der Waals surface area contributed by atoms with Gasteiger partial charge in [0.25, 0.3) is 0 Å². The molecule has 0 N–H and O–H groups in total. The van der Waals surface area contributed by atoms with E-state index in [2.05, 4.69) is 41.5 Å². The number of piperidine rings is 1. The highest BCUT2D eigenvalue weighted by Crippen LogP contribution is 2.35. The molecule has 0 aliphatic carbocycles. The third kappa shape index (κ3) is 4.52. The second-order valence-corrected chi connectivity index (χ2v) is 11.4.